The van der Waals surface area contributed by atoms with Gasteiger partial charge in [0.25, 0.3) is 0 Å². The van der Waals surface area contributed by atoms with Gasteiger partial charge in [0, 0.05) is 0 Å². The highest BCUT2D eigenvalue weighted by atomic mass is 32.3. The second-order valence-corrected chi connectivity index (χ2v) is 13.6. The second-order valence-electron chi connectivity index (χ2n) is 12.5. The maximum Gasteiger partial charge on any atom is 0.217 e. The van der Waals surface area contributed by atoms with Gasteiger partial charge in [-0.3, -0.25) is 4.18 Å². The zero-order valence-corrected chi connectivity index (χ0v) is 29.4. The van der Waals surface area contributed by atoms with E-state index in [1.54, 1.807) is 4.90 Å². The lowest BCUT2D eigenvalue weighted by molar-refractivity contribution is -0.901. The molecule has 0 aliphatic heterocycles. The number of hydrogen-bond donors (Lipinski definition) is 2. The SMILES string of the molecule is CCCCCCCCCCCCCCCC[NH+](CCO)CCCCCCCCCCCCCCCC.COS(=O)(=O)[O-]. The molecule has 42 heavy (non-hydrogen) atoms. The van der Waals surface area contributed by atoms with Crippen molar-refractivity contribution < 1.29 is 27.2 Å². The number of aliphatic hydroxyl groups excluding tert-OH is 1. The fourth-order valence-corrected chi connectivity index (χ4v) is 5.67. The molecule has 0 aliphatic rings. The van der Waals surface area contributed by atoms with Crippen molar-refractivity contribution in [2.24, 2.45) is 0 Å². The summed E-state index contributed by atoms with van der Waals surface area (Å²) in [6.45, 7) is 8.46. The van der Waals surface area contributed by atoms with E-state index in [1.807, 2.05) is 0 Å². The highest BCUT2D eigenvalue weighted by Crippen LogP contribution is 2.14. The largest absolute Gasteiger partial charge is 0.726 e. The summed E-state index contributed by atoms with van der Waals surface area (Å²) in [6, 6.07) is 0. The van der Waals surface area contributed by atoms with Gasteiger partial charge in [-0.15, -0.1) is 0 Å². The van der Waals surface area contributed by atoms with E-state index in [9.17, 15) is 18.1 Å². The summed E-state index contributed by atoms with van der Waals surface area (Å²) in [4.78, 5) is 1.65. The molecular weight excluding hydrogens is 546 g/mol. The lowest BCUT2D eigenvalue weighted by atomic mass is 10.0. The predicted octanol–water partition coefficient (Wildman–Crippen LogP) is 8.92. The van der Waals surface area contributed by atoms with Crippen molar-refractivity contribution in [1.82, 2.24) is 0 Å². The summed E-state index contributed by atoms with van der Waals surface area (Å²) >= 11 is 0. The number of quaternary nitrogens is 1. The van der Waals surface area contributed by atoms with Crippen LogP contribution in [0.25, 0.3) is 0 Å². The number of aliphatic hydroxyl groups is 1. The molecule has 0 rings (SSSR count). The van der Waals surface area contributed by atoms with Crippen LogP contribution in [-0.2, 0) is 14.6 Å². The molecule has 256 valence electrons. The third-order valence-electron chi connectivity index (χ3n) is 8.44. The van der Waals surface area contributed by atoms with Crippen molar-refractivity contribution in [3.63, 3.8) is 0 Å². The molecule has 0 radical (unpaired) electrons. The average molecular weight is 622 g/mol. The first-order valence-electron chi connectivity index (χ1n) is 18.4. The first-order valence-corrected chi connectivity index (χ1v) is 19.7. The van der Waals surface area contributed by atoms with Crippen molar-refractivity contribution in [2.45, 2.75) is 194 Å². The van der Waals surface area contributed by atoms with Crippen molar-refractivity contribution in [2.75, 3.05) is 33.4 Å². The minimum absolute atomic E-state index is 0.354. The molecule has 2 N–H and O–H groups in total. The quantitative estimate of drug-likeness (QED) is 0.0434. The summed E-state index contributed by atoms with van der Waals surface area (Å²) in [6.07, 6.45) is 40.1. The van der Waals surface area contributed by atoms with Gasteiger partial charge in [0.05, 0.1) is 26.8 Å². The Hall–Kier alpha value is -0.210. The summed E-state index contributed by atoms with van der Waals surface area (Å²) in [5, 5.41) is 9.45. The number of nitrogens with one attached hydrogen (secondary N) is 1. The van der Waals surface area contributed by atoms with Crippen LogP contribution in [0.15, 0.2) is 0 Å². The predicted molar refractivity (Wildman–Crippen MR) is 180 cm³/mol. The van der Waals surface area contributed by atoms with E-state index in [2.05, 4.69) is 18.0 Å². The first kappa shape index (κ1) is 43.9. The van der Waals surface area contributed by atoms with Crippen LogP contribution in [0.1, 0.15) is 194 Å². The zero-order valence-electron chi connectivity index (χ0n) is 28.6. The van der Waals surface area contributed by atoms with Crippen molar-refractivity contribution in [3.05, 3.63) is 0 Å². The van der Waals surface area contributed by atoms with Gasteiger partial charge >= 0.3 is 0 Å². The molecule has 0 saturated carbocycles. The van der Waals surface area contributed by atoms with Crippen LogP contribution in [0.4, 0.5) is 0 Å². The van der Waals surface area contributed by atoms with E-state index >= 15 is 0 Å². The minimum Gasteiger partial charge on any atom is -0.726 e. The zero-order chi connectivity index (χ0) is 31.4. The molecule has 0 unspecified atom stereocenters. The molecule has 0 aromatic carbocycles. The summed E-state index contributed by atoms with van der Waals surface area (Å²) < 4.78 is 31.0. The highest BCUT2D eigenvalue weighted by molar-refractivity contribution is 7.80. The third-order valence-corrected chi connectivity index (χ3v) is 8.85. The minimum atomic E-state index is -4.41. The summed E-state index contributed by atoms with van der Waals surface area (Å²) in [7, 11) is -3.60. The molecule has 0 aromatic heterocycles. The molecule has 0 aliphatic carbocycles. The third kappa shape index (κ3) is 41.9. The van der Waals surface area contributed by atoms with Crippen molar-refractivity contribution in [3.8, 4) is 0 Å². The van der Waals surface area contributed by atoms with Crippen LogP contribution in [0, 0.1) is 0 Å². The van der Waals surface area contributed by atoms with E-state index in [0.717, 1.165) is 13.7 Å². The molecule has 6 nitrogen and oxygen atoms in total. The molecule has 0 heterocycles. The molecule has 0 fully saturated rings. The van der Waals surface area contributed by atoms with Gasteiger partial charge in [-0.05, 0) is 25.7 Å². The Morgan fingerprint density at radius 2 is 0.690 bits per heavy atom. The molecule has 0 amide bonds. The first-order chi connectivity index (χ1) is 20.4. The van der Waals surface area contributed by atoms with Crippen LogP contribution in [0.3, 0.4) is 0 Å². The summed E-state index contributed by atoms with van der Waals surface area (Å²) in [5.41, 5.74) is 0. The van der Waals surface area contributed by atoms with Gasteiger partial charge in [0.15, 0.2) is 0 Å². The van der Waals surface area contributed by atoms with Gasteiger partial charge in [0.2, 0.25) is 10.4 Å². The number of rotatable bonds is 33. The van der Waals surface area contributed by atoms with Gasteiger partial charge in [-0.1, -0.05) is 168 Å². The van der Waals surface area contributed by atoms with E-state index in [1.165, 1.54) is 193 Å². The molecule has 0 saturated heterocycles. The van der Waals surface area contributed by atoms with E-state index in [4.69, 9.17) is 0 Å². The van der Waals surface area contributed by atoms with Crippen LogP contribution in [0.5, 0.6) is 0 Å². The fourth-order valence-electron chi connectivity index (χ4n) is 5.67. The average Bonchev–Trinajstić information content (AvgIpc) is 2.97. The fraction of sp³-hybridized carbons (Fsp3) is 1.00. The maximum absolute atomic E-state index is 9.45. The molecular formula is C35H75NO5S. The highest BCUT2D eigenvalue weighted by Gasteiger charge is 2.07. The smallest absolute Gasteiger partial charge is 0.217 e. The summed E-state index contributed by atoms with van der Waals surface area (Å²) in [5.74, 6) is 0. The second kappa shape index (κ2) is 37.0. The van der Waals surface area contributed by atoms with E-state index in [0.29, 0.717) is 6.61 Å². The van der Waals surface area contributed by atoms with Crippen LogP contribution < -0.4 is 4.90 Å². The van der Waals surface area contributed by atoms with Crippen LogP contribution >= 0.6 is 0 Å². The standard InChI is InChI=1S/C34H71NO.CH4O4S/c1-3-5-7-9-11-13-15-17-19-21-23-25-27-29-31-35(33-34-36)32-30-28-26-24-22-20-18-16-14-12-10-8-6-4-2;1-5-6(2,3)4/h36H,3-34H2,1-2H3;1H3,(H,2,3,4). The maximum atomic E-state index is 9.45. The number of unbranched alkanes of at least 4 members (excludes halogenated alkanes) is 26. The Labute approximate surface area is 264 Å². The Morgan fingerprint density at radius 1 is 0.476 bits per heavy atom. The Kier molecular flexibility index (Phi) is 38.7. The molecule has 0 spiro atoms. The van der Waals surface area contributed by atoms with Gasteiger partial charge in [-0.25, -0.2) is 8.42 Å². The van der Waals surface area contributed by atoms with Crippen molar-refractivity contribution >= 4 is 10.4 Å². The van der Waals surface area contributed by atoms with Gasteiger partial charge < -0.3 is 14.6 Å². The number of hydrogen-bond acceptors (Lipinski definition) is 5. The van der Waals surface area contributed by atoms with E-state index < -0.39 is 10.4 Å². The molecule has 0 atom stereocenters. The lowest BCUT2D eigenvalue weighted by Crippen LogP contribution is -3.12. The molecule has 0 aromatic rings. The lowest BCUT2D eigenvalue weighted by Gasteiger charge is -2.18. The Bertz CT molecular complexity index is 556. The van der Waals surface area contributed by atoms with Crippen molar-refractivity contribution in [1.29, 1.82) is 0 Å². The molecule has 7 heteroatoms. The topological polar surface area (TPSA) is 91.1 Å². The van der Waals surface area contributed by atoms with E-state index in [-0.39, 0.29) is 0 Å². The normalized spacial score (nSPS) is 11.7. The van der Waals surface area contributed by atoms with Crippen LogP contribution in [0.2, 0.25) is 0 Å². The Morgan fingerprint density at radius 3 is 0.881 bits per heavy atom. The Balaban J connectivity index is 0. The van der Waals surface area contributed by atoms with Crippen LogP contribution in [-0.4, -0.2) is 51.4 Å². The van der Waals surface area contributed by atoms with Gasteiger partial charge in [0.1, 0.15) is 6.54 Å². The molecule has 0 bridgehead atoms. The van der Waals surface area contributed by atoms with Gasteiger partial charge in [-0.2, -0.15) is 0 Å². The monoisotopic (exact) mass is 622 g/mol.